The van der Waals surface area contributed by atoms with Crippen LogP contribution in [0.1, 0.15) is 36.5 Å². The SMILES string of the molecule is CCCCc1ccc2c(c1)Cc1c([nH]c(=O)[nH]c1=O)O2. The molecule has 1 aromatic heterocycles. The lowest BCUT2D eigenvalue weighted by Crippen LogP contribution is -2.28. The van der Waals surface area contributed by atoms with Crippen molar-refractivity contribution in [2.24, 2.45) is 0 Å². The summed E-state index contributed by atoms with van der Waals surface area (Å²) in [5.74, 6) is 0.964. The summed E-state index contributed by atoms with van der Waals surface area (Å²) in [7, 11) is 0. The Balaban J connectivity index is 1.98. The molecular formula is C15H16N2O3. The Morgan fingerprint density at radius 3 is 2.90 bits per heavy atom. The highest BCUT2D eigenvalue weighted by Gasteiger charge is 2.21. The maximum atomic E-state index is 11.8. The zero-order valence-electron chi connectivity index (χ0n) is 11.3. The summed E-state index contributed by atoms with van der Waals surface area (Å²) in [6.45, 7) is 2.16. The van der Waals surface area contributed by atoms with Gasteiger partial charge in [-0.1, -0.05) is 25.5 Å². The monoisotopic (exact) mass is 272 g/mol. The van der Waals surface area contributed by atoms with Crippen LogP contribution >= 0.6 is 0 Å². The molecule has 1 aliphatic heterocycles. The Labute approximate surface area is 115 Å². The molecule has 5 heteroatoms. The Morgan fingerprint density at radius 2 is 2.10 bits per heavy atom. The van der Waals surface area contributed by atoms with E-state index in [0.29, 0.717) is 17.7 Å². The van der Waals surface area contributed by atoms with E-state index in [-0.39, 0.29) is 11.4 Å². The molecule has 2 N–H and O–H groups in total. The van der Waals surface area contributed by atoms with Crippen molar-refractivity contribution in [3.8, 4) is 11.6 Å². The van der Waals surface area contributed by atoms with E-state index in [0.717, 1.165) is 24.8 Å². The molecule has 0 bridgehead atoms. The second kappa shape index (κ2) is 5.00. The van der Waals surface area contributed by atoms with E-state index in [4.69, 9.17) is 4.74 Å². The average molecular weight is 272 g/mol. The number of aryl methyl sites for hydroxylation is 1. The highest BCUT2D eigenvalue weighted by Crippen LogP contribution is 2.33. The number of nitrogens with one attached hydrogen (secondary N) is 2. The zero-order chi connectivity index (χ0) is 14.1. The fourth-order valence-corrected chi connectivity index (χ4v) is 2.45. The fourth-order valence-electron chi connectivity index (χ4n) is 2.45. The van der Waals surface area contributed by atoms with Gasteiger partial charge in [-0.3, -0.25) is 14.8 Å². The smallest absolute Gasteiger partial charge is 0.328 e. The first-order valence-electron chi connectivity index (χ1n) is 6.82. The first-order chi connectivity index (χ1) is 9.67. The maximum absolute atomic E-state index is 11.8. The number of hydrogen-bond acceptors (Lipinski definition) is 3. The van der Waals surface area contributed by atoms with Gasteiger partial charge in [0.25, 0.3) is 5.56 Å². The second-order valence-electron chi connectivity index (χ2n) is 5.04. The molecule has 0 fully saturated rings. The first-order valence-corrected chi connectivity index (χ1v) is 6.82. The summed E-state index contributed by atoms with van der Waals surface area (Å²) >= 11 is 0. The molecule has 0 spiro atoms. The third-order valence-electron chi connectivity index (χ3n) is 3.53. The molecule has 5 nitrogen and oxygen atoms in total. The van der Waals surface area contributed by atoms with Crippen molar-refractivity contribution in [1.82, 2.24) is 9.97 Å². The quantitative estimate of drug-likeness (QED) is 0.766. The van der Waals surface area contributed by atoms with Crippen molar-refractivity contribution < 1.29 is 4.74 Å². The van der Waals surface area contributed by atoms with Gasteiger partial charge in [-0.2, -0.15) is 0 Å². The number of aromatic amines is 2. The third kappa shape index (κ3) is 2.27. The minimum atomic E-state index is -0.545. The molecule has 0 amide bonds. The minimum Gasteiger partial charge on any atom is -0.440 e. The van der Waals surface area contributed by atoms with Crippen LogP contribution < -0.4 is 16.0 Å². The summed E-state index contributed by atoms with van der Waals surface area (Å²) in [5.41, 5.74) is 1.79. The van der Waals surface area contributed by atoms with Crippen molar-refractivity contribution >= 4 is 0 Å². The lowest BCUT2D eigenvalue weighted by atomic mass is 9.99. The van der Waals surface area contributed by atoms with Gasteiger partial charge in [-0.15, -0.1) is 0 Å². The van der Waals surface area contributed by atoms with Crippen molar-refractivity contribution in [3.05, 3.63) is 55.7 Å². The molecule has 104 valence electrons. The van der Waals surface area contributed by atoms with Crippen LogP contribution in [-0.2, 0) is 12.8 Å². The predicted molar refractivity (Wildman–Crippen MR) is 75.6 cm³/mol. The molecule has 0 radical (unpaired) electrons. The number of ether oxygens (including phenoxy) is 1. The average Bonchev–Trinajstić information content (AvgIpc) is 2.43. The van der Waals surface area contributed by atoms with Gasteiger partial charge in [0.1, 0.15) is 5.75 Å². The zero-order valence-corrected chi connectivity index (χ0v) is 11.3. The van der Waals surface area contributed by atoms with Crippen LogP contribution in [0.4, 0.5) is 0 Å². The second-order valence-corrected chi connectivity index (χ2v) is 5.04. The van der Waals surface area contributed by atoms with Crippen molar-refractivity contribution in [2.75, 3.05) is 0 Å². The molecule has 0 saturated heterocycles. The molecule has 2 heterocycles. The molecule has 0 atom stereocenters. The first kappa shape index (κ1) is 12.7. The Hall–Kier alpha value is -2.30. The van der Waals surface area contributed by atoms with E-state index < -0.39 is 5.69 Å². The molecule has 20 heavy (non-hydrogen) atoms. The number of hydrogen-bond donors (Lipinski definition) is 2. The Bertz CT molecular complexity index is 758. The topological polar surface area (TPSA) is 75.0 Å². The van der Waals surface area contributed by atoms with Gasteiger partial charge in [0.15, 0.2) is 0 Å². The molecule has 2 aromatic rings. The van der Waals surface area contributed by atoms with Crippen LogP contribution in [0.2, 0.25) is 0 Å². The van der Waals surface area contributed by atoms with Crippen LogP contribution in [-0.4, -0.2) is 9.97 Å². The van der Waals surface area contributed by atoms with Crippen LogP contribution in [0.25, 0.3) is 0 Å². The number of rotatable bonds is 3. The van der Waals surface area contributed by atoms with E-state index in [1.165, 1.54) is 5.56 Å². The van der Waals surface area contributed by atoms with Crippen LogP contribution in [0.15, 0.2) is 27.8 Å². The highest BCUT2D eigenvalue weighted by molar-refractivity contribution is 5.47. The molecule has 3 rings (SSSR count). The van der Waals surface area contributed by atoms with Gasteiger partial charge in [0.2, 0.25) is 5.88 Å². The molecular weight excluding hydrogens is 256 g/mol. The number of fused-ring (bicyclic) bond motifs is 2. The van der Waals surface area contributed by atoms with Gasteiger partial charge in [0.05, 0.1) is 5.56 Å². The maximum Gasteiger partial charge on any atom is 0.328 e. The minimum absolute atomic E-state index is 0.257. The van der Waals surface area contributed by atoms with Gasteiger partial charge in [-0.05, 0) is 30.0 Å². The summed E-state index contributed by atoms with van der Waals surface area (Å²) < 4.78 is 5.62. The highest BCUT2D eigenvalue weighted by atomic mass is 16.5. The van der Waals surface area contributed by atoms with Gasteiger partial charge in [-0.25, -0.2) is 4.79 Å². The fraction of sp³-hybridized carbons (Fsp3) is 0.333. The number of H-pyrrole nitrogens is 2. The lowest BCUT2D eigenvalue weighted by molar-refractivity contribution is 0.434. The summed E-state index contributed by atoms with van der Waals surface area (Å²) in [5, 5.41) is 0. The van der Waals surface area contributed by atoms with Crippen LogP contribution in [0.3, 0.4) is 0 Å². The number of unbranched alkanes of at least 4 members (excludes halogenated alkanes) is 1. The van der Waals surface area contributed by atoms with Gasteiger partial charge >= 0.3 is 5.69 Å². The standard InChI is InChI=1S/C15H16N2O3/c1-2-3-4-9-5-6-12-10(7-9)8-11-13(18)16-15(19)17-14(11)20-12/h5-7H,2-4,8H2,1H3,(H2,16,17,18,19). The number of benzene rings is 1. The third-order valence-corrected chi connectivity index (χ3v) is 3.53. The summed E-state index contributed by atoms with van der Waals surface area (Å²) in [6.07, 6.45) is 3.80. The normalized spacial score (nSPS) is 12.4. The van der Waals surface area contributed by atoms with Gasteiger partial charge in [0, 0.05) is 6.42 Å². The van der Waals surface area contributed by atoms with E-state index in [1.807, 2.05) is 12.1 Å². The van der Waals surface area contributed by atoms with E-state index in [9.17, 15) is 9.59 Å². The van der Waals surface area contributed by atoms with E-state index >= 15 is 0 Å². The molecule has 0 unspecified atom stereocenters. The Morgan fingerprint density at radius 1 is 1.25 bits per heavy atom. The van der Waals surface area contributed by atoms with Crippen molar-refractivity contribution in [3.63, 3.8) is 0 Å². The van der Waals surface area contributed by atoms with Crippen molar-refractivity contribution in [1.29, 1.82) is 0 Å². The van der Waals surface area contributed by atoms with Crippen LogP contribution in [0.5, 0.6) is 11.6 Å². The predicted octanol–water partition coefficient (Wildman–Crippen LogP) is 2.10. The largest absolute Gasteiger partial charge is 0.440 e. The van der Waals surface area contributed by atoms with Crippen molar-refractivity contribution in [2.45, 2.75) is 32.6 Å². The lowest BCUT2D eigenvalue weighted by Gasteiger charge is -2.19. The van der Waals surface area contributed by atoms with E-state index in [2.05, 4.69) is 23.0 Å². The molecule has 0 aliphatic carbocycles. The number of aromatic nitrogens is 2. The van der Waals surface area contributed by atoms with Gasteiger partial charge < -0.3 is 4.74 Å². The molecule has 1 aromatic carbocycles. The summed E-state index contributed by atoms with van der Waals surface area (Å²) in [6, 6.07) is 6.02. The van der Waals surface area contributed by atoms with E-state index in [1.54, 1.807) is 0 Å². The summed E-state index contributed by atoms with van der Waals surface area (Å²) in [4.78, 5) is 27.8. The van der Waals surface area contributed by atoms with Crippen LogP contribution in [0, 0.1) is 0 Å². The molecule has 0 saturated carbocycles. The molecule has 1 aliphatic rings. The Kier molecular flexibility index (Phi) is 3.18.